The lowest BCUT2D eigenvalue weighted by Gasteiger charge is -2.19. The van der Waals surface area contributed by atoms with Crippen LogP contribution in [0.1, 0.15) is 29.8 Å². The van der Waals surface area contributed by atoms with E-state index in [9.17, 15) is 35.2 Å². The predicted octanol–water partition coefficient (Wildman–Crippen LogP) is 6.20. The van der Waals surface area contributed by atoms with Gasteiger partial charge in [0.1, 0.15) is 17.7 Å². The van der Waals surface area contributed by atoms with E-state index in [-0.39, 0.29) is 40.7 Å². The third-order valence-corrected chi connectivity index (χ3v) is 10.3. The minimum atomic E-state index is -4.61. The van der Waals surface area contributed by atoms with Gasteiger partial charge in [-0.25, -0.2) is 27.2 Å². The SMILES string of the molecule is O=C(NCc1cc(-c2ccc(C(F)(F)F)nc2)nc(SCc2ccccc2)n1)C1CC(F)CC1S(=O)(=O)c1ccc(F)cc1. The fourth-order valence-corrected chi connectivity index (χ4v) is 7.71. The molecule has 1 aliphatic rings. The van der Waals surface area contributed by atoms with Crippen molar-refractivity contribution < 1.29 is 35.2 Å². The maximum absolute atomic E-state index is 14.5. The maximum atomic E-state index is 14.5. The molecule has 5 rings (SSSR count). The first kappa shape index (κ1) is 31.5. The molecule has 4 aromatic rings. The van der Waals surface area contributed by atoms with Crippen LogP contribution in [0.25, 0.3) is 11.3 Å². The van der Waals surface area contributed by atoms with E-state index in [4.69, 9.17) is 0 Å². The second kappa shape index (κ2) is 13.0. The van der Waals surface area contributed by atoms with Gasteiger partial charge in [0.15, 0.2) is 15.0 Å². The molecule has 2 heterocycles. The number of pyridine rings is 1. The predicted molar refractivity (Wildman–Crippen MR) is 153 cm³/mol. The number of rotatable bonds is 9. The third-order valence-electron chi connectivity index (χ3n) is 7.09. The number of amides is 1. The molecule has 0 spiro atoms. The highest BCUT2D eigenvalue weighted by Gasteiger charge is 2.46. The van der Waals surface area contributed by atoms with Crippen LogP contribution in [0.2, 0.25) is 0 Å². The normalized spacial score (nSPS) is 18.7. The zero-order valence-electron chi connectivity index (χ0n) is 22.8. The van der Waals surface area contributed by atoms with Crippen molar-refractivity contribution in [1.82, 2.24) is 20.3 Å². The number of nitrogens with zero attached hydrogens (tertiary/aromatic N) is 3. The largest absolute Gasteiger partial charge is 0.433 e. The van der Waals surface area contributed by atoms with E-state index < -0.39 is 50.8 Å². The zero-order chi connectivity index (χ0) is 31.5. The maximum Gasteiger partial charge on any atom is 0.433 e. The van der Waals surface area contributed by atoms with Gasteiger partial charge in [-0.05, 0) is 60.9 Å². The van der Waals surface area contributed by atoms with E-state index in [0.29, 0.717) is 11.4 Å². The molecule has 1 saturated carbocycles. The molecule has 3 unspecified atom stereocenters. The van der Waals surface area contributed by atoms with Gasteiger partial charge in [-0.1, -0.05) is 42.1 Å². The molecule has 1 amide bonds. The molecule has 2 aromatic heterocycles. The highest BCUT2D eigenvalue weighted by Crippen LogP contribution is 2.37. The van der Waals surface area contributed by atoms with Crippen molar-refractivity contribution in [2.24, 2.45) is 5.92 Å². The zero-order valence-corrected chi connectivity index (χ0v) is 24.5. The Bertz CT molecular complexity index is 1720. The Balaban J connectivity index is 1.37. The average molecular weight is 649 g/mol. The van der Waals surface area contributed by atoms with Crippen molar-refractivity contribution in [2.45, 2.75) is 52.8 Å². The van der Waals surface area contributed by atoms with Gasteiger partial charge in [-0.2, -0.15) is 13.2 Å². The standard InChI is InChI=1S/C30H25F5N4O3S2/c31-20-7-9-23(10-8-20)44(41,42)26-13-21(32)12-24(26)28(40)37-16-22-14-25(19-6-11-27(36-15-19)30(33,34)35)39-29(38-22)43-17-18-4-2-1-3-5-18/h1-11,14-15,21,24,26H,12-13,16-17H2,(H,37,40). The summed E-state index contributed by atoms with van der Waals surface area (Å²) in [6.45, 7) is -0.182. The number of hydrogen-bond donors (Lipinski definition) is 1. The lowest BCUT2D eigenvalue weighted by molar-refractivity contribution is -0.141. The van der Waals surface area contributed by atoms with Crippen LogP contribution in [-0.4, -0.2) is 40.7 Å². The fraction of sp³-hybridized carbons (Fsp3) is 0.267. The minimum Gasteiger partial charge on any atom is -0.350 e. The highest BCUT2D eigenvalue weighted by atomic mass is 32.2. The molecular weight excluding hydrogens is 623 g/mol. The van der Waals surface area contributed by atoms with Crippen LogP contribution in [0.4, 0.5) is 22.0 Å². The Morgan fingerprint density at radius 3 is 2.36 bits per heavy atom. The summed E-state index contributed by atoms with van der Waals surface area (Å²) in [4.78, 5) is 25.5. The molecule has 1 fully saturated rings. The summed E-state index contributed by atoms with van der Waals surface area (Å²) in [6.07, 6.45) is -5.77. The second-order valence-electron chi connectivity index (χ2n) is 10.2. The summed E-state index contributed by atoms with van der Waals surface area (Å²) in [5.74, 6) is -2.04. The molecule has 3 atom stereocenters. The van der Waals surface area contributed by atoms with E-state index in [1.54, 1.807) is 0 Å². The van der Waals surface area contributed by atoms with E-state index in [2.05, 4.69) is 20.3 Å². The lowest BCUT2D eigenvalue weighted by atomic mass is 10.1. The first-order valence-corrected chi connectivity index (χ1v) is 15.9. The number of carbonyl (C=O) groups excluding carboxylic acids is 1. The van der Waals surface area contributed by atoms with Crippen LogP contribution in [0.15, 0.2) is 89.0 Å². The molecule has 14 heteroatoms. The highest BCUT2D eigenvalue weighted by molar-refractivity contribution is 7.98. The van der Waals surface area contributed by atoms with Crippen molar-refractivity contribution in [3.63, 3.8) is 0 Å². The van der Waals surface area contributed by atoms with Crippen LogP contribution >= 0.6 is 11.8 Å². The van der Waals surface area contributed by atoms with Crippen LogP contribution < -0.4 is 5.32 Å². The molecule has 7 nitrogen and oxygen atoms in total. The molecular formula is C30H25F5N4O3S2. The van der Waals surface area contributed by atoms with Gasteiger partial charge in [-0.3, -0.25) is 9.78 Å². The smallest absolute Gasteiger partial charge is 0.350 e. The van der Waals surface area contributed by atoms with Crippen molar-refractivity contribution in [2.75, 3.05) is 0 Å². The minimum absolute atomic E-state index is 0.182. The van der Waals surface area contributed by atoms with Crippen molar-refractivity contribution in [3.05, 3.63) is 102 Å². The summed E-state index contributed by atoms with van der Waals surface area (Å²) in [5.41, 5.74) is 0.771. The molecule has 0 bridgehead atoms. The summed E-state index contributed by atoms with van der Waals surface area (Å²) in [5, 5.41) is 1.58. The number of carbonyl (C=O) groups is 1. The Labute approximate surface area is 254 Å². The second-order valence-corrected chi connectivity index (χ2v) is 13.3. The van der Waals surface area contributed by atoms with E-state index >= 15 is 0 Å². The van der Waals surface area contributed by atoms with Gasteiger partial charge in [0, 0.05) is 17.5 Å². The van der Waals surface area contributed by atoms with Gasteiger partial charge < -0.3 is 5.32 Å². The molecule has 0 saturated heterocycles. The van der Waals surface area contributed by atoms with Gasteiger partial charge in [0.05, 0.1) is 34.0 Å². The van der Waals surface area contributed by atoms with Crippen LogP contribution in [-0.2, 0) is 33.1 Å². The summed E-state index contributed by atoms with van der Waals surface area (Å²) in [7, 11) is -4.15. The monoisotopic (exact) mass is 648 g/mol. The molecule has 230 valence electrons. The topological polar surface area (TPSA) is 102 Å². The summed E-state index contributed by atoms with van der Waals surface area (Å²) < 4.78 is 93.4. The summed E-state index contributed by atoms with van der Waals surface area (Å²) >= 11 is 1.28. The third kappa shape index (κ3) is 7.41. The van der Waals surface area contributed by atoms with Crippen molar-refractivity contribution in [3.8, 4) is 11.3 Å². The van der Waals surface area contributed by atoms with E-state index in [0.717, 1.165) is 42.1 Å². The number of halogens is 5. The van der Waals surface area contributed by atoms with Gasteiger partial charge in [0.25, 0.3) is 0 Å². The van der Waals surface area contributed by atoms with Gasteiger partial charge >= 0.3 is 6.18 Å². The Kier molecular flexibility index (Phi) is 9.30. The van der Waals surface area contributed by atoms with Crippen LogP contribution in [0.5, 0.6) is 0 Å². The Morgan fingerprint density at radius 1 is 0.977 bits per heavy atom. The fourth-order valence-electron chi connectivity index (χ4n) is 4.88. The molecule has 1 aliphatic carbocycles. The number of nitrogens with one attached hydrogen (secondary N) is 1. The number of alkyl halides is 4. The van der Waals surface area contributed by atoms with Crippen molar-refractivity contribution >= 4 is 27.5 Å². The lowest BCUT2D eigenvalue weighted by Crippen LogP contribution is -2.38. The molecule has 2 aromatic carbocycles. The summed E-state index contributed by atoms with van der Waals surface area (Å²) in [6, 6.07) is 17.1. The molecule has 44 heavy (non-hydrogen) atoms. The first-order chi connectivity index (χ1) is 20.9. The number of sulfone groups is 1. The van der Waals surface area contributed by atoms with Gasteiger partial charge in [0.2, 0.25) is 5.91 Å². The first-order valence-electron chi connectivity index (χ1n) is 13.4. The quantitative estimate of drug-likeness (QED) is 0.0999. The van der Waals surface area contributed by atoms with E-state index in [1.807, 2.05) is 30.3 Å². The Morgan fingerprint density at radius 2 is 1.70 bits per heavy atom. The molecule has 1 N–H and O–H groups in total. The molecule has 0 radical (unpaired) electrons. The van der Waals surface area contributed by atoms with Crippen LogP contribution in [0.3, 0.4) is 0 Å². The van der Waals surface area contributed by atoms with Crippen molar-refractivity contribution in [1.29, 1.82) is 0 Å². The molecule has 0 aliphatic heterocycles. The number of aromatic nitrogens is 3. The number of thioether (sulfide) groups is 1. The van der Waals surface area contributed by atoms with Crippen LogP contribution in [0, 0.1) is 11.7 Å². The van der Waals surface area contributed by atoms with Gasteiger partial charge in [-0.15, -0.1) is 0 Å². The number of hydrogen-bond acceptors (Lipinski definition) is 7. The Hall–Kier alpha value is -3.91. The average Bonchev–Trinajstić information content (AvgIpc) is 3.42. The van der Waals surface area contributed by atoms with E-state index in [1.165, 1.54) is 23.9 Å². The number of benzene rings is 2.